The summed E-state index contributed by atoms with van der Waals surface area (Å²) in [6.45, 7) is 1.41. The number of para-hydroxylation sites is 1. The summed E-state index contributed by atoms with van der Waals surface area (Å²) in [6, 6.07) is 24.3. The highest BCUT2D eigenvalue weighted by atomic mass is 32.1. The van der Waals surface area contributed by atoms with E-state index in [2.05, 4.69) is 20.5 Å². The van der Waals surface area contributed by atoms with Crippen molar-refractivity contribution in [2.24, 2.45) is 0 Å². The molecule has 190 valence electrons. The van der Waals surface area contributed by atoms with E-state index >= 15 is 0 Å². The maximum absolute atomic E-state index is 13.4. The van der Waals surface area contributed by atoms with Gasteiger partial charge in [-0.1, -0.05) is 30.3 Å². The zero-order valence-corrected chi connectivity index (χ0v) is 20.7. The molecule has 0 bridgehead atoms. The van der Waals surface area contributed by atoms with Crippen LogP contribution in [0.1, 0.15) is 35.5 Å². The van der Waals surface area contributed by atoms with Crippen LogP contribution in [0.5, 0.6) is 0 Å². The highest BCUT2D eigenvalue weighted by Gasteiger charge is 2.41. The molecule has 2 N–H and O–H groups in total. The van der Waals surface area contributed by atoms with Crippen LogP contribution in [0.3, 0.4) is 0 Å². The fraction of sp³-hybridized carbons (Fsp3) is 0.214. The van der Waals surface area contributed by atoms with Gasteiger partial charge in [0.2, 0.25) is 0 Å². The number of aromatic nitrogens is 2. The van der Waals surface area contributed by atoms with Crippen LogP contribution >= 0.6 is 12.2 Å². The number of benzene rings is 2. The van der Waals surface area contributed by atoms with Crippen molar-refractivity contribution in [1.82, 2.24) is 19.8 Å². The summed E-state index contributed by atoms with van der Waals surface area (Å²) in [5.41, 5.74) is 2.45. The molecule has 9 heteroatoms. The fourth-order valence-corrected chi connectivity index (χ4v) is 5.04. The number of hydrogen-bond acceptors (Lipinski definition) is 3. The lowest BCUT2D eigenvalue weighted by Crippen LogP contribution is -2.32. The van der Waals surface area contributed by atoms with Crippen molar-refractivity contribution < 1.29 is 13.2 Å². The van der Waals surface area contributed by atoms with Gasteiger partial charge >= 0.3 is 6.18 Å². The molecule has 5 rings (SSSR count). The first-order valence-corrected chi connectivity index (χ1v) is 12.4. The Balaban J connectivity index is 1.45. The Bertz CT molecular complexity index is 1340. The molecule has 0 amide bonds. The molecule has 1 aliphatic heterocycles. The summed E-state index contributed by atoms with van der Waals surface area (Å²) in [5.74, 6) is 0. The van der Waals surface area contributed by atoms with E-state index in [0.717, 1.165) is 36.1 Å². The zero-order chi connectivity index (χ0) is 25.8. The number of pyridine rings is 1. The maximum atomic E-state index is 13.4. The number of anilines is 1. The second-order valence-corrected chi connectivity index (χ2v) is 9.20. The van der Waals surface area contributed by atoms with Gasteiger partial charge in [-0.2, -0.15) is 13.2 Å². The third-order valence-electron chi connectivity index (χ3n) is 6.41. The Morgan fingerprint density at radius 2 is 1.76 bits per heavy atom. The summed E-state index contributed by atoms with van der Waals surface area (Å²) in [6.07, 6.45) is -0.0905. The second-order valence-electron chi connectivity index (χ2n) is 8.82. The monoisotopic (exact) mass is 521 g/mol. The second kappa shape index (κ2) is 10.6. The Hall–Kier alpha value is -3.85. The Kier molecular flexibility index (Phi) is 7.14. The summed E-state index contributed by atoms with van der Waals surface area (Å²) in [7, 11) is 0. The predicted molar refractivity (Wildman–Crippen MR) is 142 cm³/mol. The topological polar surface area (TPSA) is 45.1 Å². The van der Waals surface area contributed by atoms with Crippen LogP contribution in [-0.2, 0) is 6.18 Å². The lowest BCUT2D eigenvalue weighted by atomic mass is 10.0. The predicted octanol–water partition coefficient (Wildman–Crippen LogP) is 6.37. The number of nitrogens with one attached hydrogen (secondary N) is 2. The maximum Gasteiger partial charge on any atom is 0.416 e. The van der Waals surface area contributed by atoms with E-state index in [1.807, 2.05) is 60.7 Å². The molecular formula is C28H26F3N5S. The van der Waals surface area contributed by atoms with E-state index < -0.39 is 11.7 Å². The molecule has 1 aliphatic rings. The standard InChI is InChI=1S/C28H26F3N5S/c29-28(30,31)20-9-6-12-22(19-20)35-17-7-14-24(35)26-25(23-13-4-5-15-33-23)34-27(37)36(26)18-8-16-32-21-10-2-1-3-11-21/h1-7,9-15,17,19,25-26,32H,8,16,18H2,(H,34,37). The van der Waals surface area contributed by atoms with Crippen LogP contribution in [-0.4, -0.2) is 32.7 Å². The van der Waals surface area contributed by atoms with Gasteiger partial charge in [0.15, 0.2) is 5.11 Å². The molecule has 3 heterocycles. The minimum Gasteiger partial charge on any atom is -0.385 e. The molecule has 5 nitrogen and oxygen atoms in total. The van der Waals surface area contributed by atoms with Crippen LogP contribution in [0.15, 0.2) is 97.3 Å². The number of nitrogens with zero attached hydrogens (tertiary/aromatic N) is 3. The average Bonchev–Trinajstić information content (AvgIpc) is 3.52. The van der Waals surface area contributed by atoms with Gasteiger partial charge in [-0.3, -0.25) is 4.98 Å². The van der Waals surface area contributed by atoms with E-state index in [-0.39, 0.29) is 12.1 Å². The molecule has 2 aromatic heterocycles. The summed E-state index contributed by atoms with van der Waals surface area (Å²) in [5, 5.41) is 7.43. The molecule has 1 saturated heterocycles. The number of thiocarbonyl (C=S) groups is 1. The third-order valence-corrected chi connectivity index (χ3v) is 6.76. The van der Waals surface area contributed by atoms with Gasteiger partial charge in [-0.05, 0) is 73.2 Å². The van der Waals surface area contributed by atoms with E-state index in [1.54, 1.807) is 23.0 Å². The first kappa shape index (κ1) is 24.8. The molecular weight excluding hydrogens is 495 g/mol. The van der Waals surface area contributed by atoms with Crippen molar-refractivity contribution in [3.63, 3.8) is 0 Å². The van der Waals surface area contributed by atoms with Crippen molar-refractivity contribution in [2.45, 2.75) is 24.7 Å². The first-order valence-electron chi connectivity index (χ1n) is 12.0. The van der Waals surface area contributed by atoms with Gasteiger partial charge in [0.05, 0.1) is 23.3 Å². The smallest absolute Gasteiger partial charge is 0.385 e. The normalized spacial score (nSPS) is 17.6. The minimum absolute atomic E-state index is 0.254. The first-order chi connectivity index (χ1) is 17.9. The summed E-state index contributed by atoms with van der Waals surface area (Å²) in [4.78, 5) is 6.67. The van der Waals surface area contributed by atoms with Crippen molar-refractivity contribution >= 4 is 23.0 Å². The van der Waals surface area contributed by atoms with E-state index in [1.165, 1.54) is 12.1 Å². The molecule has 37 heavy (non-hydrogen) atoms. The molecule has 0 aliphatic carbocycles. The number of halogens is 3. The van der Waals surface area contributed by atoms with Crippen LogP contribution in [0.2, 0.25) is 0 Å². The van der Waals surface area contributed by atoms with E-state index in [9.17, 15) is 13.2 Å². The Morgan fingerprint density at radius 1 is 0.946 bits per heavy atom. The van der Waals surface area contributed by atoms with Gasteiger partial charge in [0, 0.05) is 42.6 Å². The fourth-order valence-electron chi connectivity index (χ4n) is 4.71. The highest BCUT2D eigenvalue weighted by Crippen LogP contribution is 2.40. The average molecular weight is 522 g/mol. The molecule has 2 aromatic carbocycles. The Labute approximate surface area is 219 Å². The van der Waals surface area contributed by atoms with Gasteiger partial charge in [-0.15, -0.1) is 0 Å². The van der Waals surface area contributed by atoms with E-state index in [0.29, 0.717) is 17.3 Å². The zero-order valence-electron chi connectivity index (χ0n) is 19.9. The van der Waals surface area contributed by atoms with Gasteiger partial charge in [0.25, 0.3) is 0 Å². The van der Waals surface area contributed by atoms with Crippen molar-refractivity contribution in [2.75, 3.05) is 18.4 Å². The highest BCUT2D eigenvalue weighted by molar-refractivity contribution is 7.80. The number of alkyl halides is 3. The van der Waals surface area contributed by atoms with Crippen LogP contribution < -0.4 is 10.6 Å². The largest absolute Gasteiger partial charge is 0.416 e. The molecule has 1 fully saturated rings. The molecule has 0 spiro atoms. The Morgan fingerprint density at radius 3 is 2.51 bits per heavy atom. The summed E-state index contributed by atoms with van der Waals surface area (Å²) < 4.78 is 42.1. The van der Waals surface area contributed by atoms with Crippen LogP contribution in [0, 0.1) is 0 Å². The minimum atomic E-state index is -4.42. The van der Waals surface area contributed by atoms with Crippen LogP contribution in [0.4, 0.5) is 18.9 Å². The van der Waals surface area contributed by atoms with Crippen molar-refractivity contribution in [3.8, 4) is 5.69 Å². The van der Waals surface area contributed by atoms with E-state index in [4.69, 9.17) is 12.2 Å². The number of rotatable bonds is 8. The molecule has 0 saturated carbocycles. The summed E-state index contributed by atoms with van der Waals surface area (Å²) >= 11 is 5.75. The lowest BCUT2D eigenvalue weighted by molar-refractivity contribution is -0.137. The third kappa shape index (κ3) is 5.46. The lowest BCUT2D eigenvalue weighted by Gasteiger charge is -2.29. The van der Waals surface area contributed by atoms with Gasteiger partial charge in [-0.25, -0.2) is 0 Å². The molecule has 4 aromatic rings. The molecule has 2 unspecified atom stereocenters. The quantitative estimate of drug-likeness (QED) is 0.209. The number of hydrogen-bond donors (Lipinski definition) is 2. The van der Waals surface area contributed by atoms with Gasteiger partial charge < -0.3 is 20.1 Å². The van der Waals surface area contributed by atoms with Crippen molar-refractivity contribution in [3.05, 3.63) is 114 Å². The van der Waals surface area contributed by atoms with Crippen LogP contribution in [0.25, 0.3) is 5.69 Å². The molecule has 0 radical (unpaired) electrons. The SMILES string of the molecule is FC(F)(F)c1cccc(-n2cccc2C2C(c3ccccn3)NC(=S)N2CCCNc2ccccc2)c1. The molecule has 2 atom stereocenters. The van der Waals surface area contributed by atoms with Crippen molar-refractivity contribution in [1.29, 1.82) is 0 Å². The van der Waals surface area contributed by atoms with Gasteiger partial charge in [0.1, 0.15) is 0 Å².